The number of rotatable bonds is 7. The zero-order valence-electron chi connectivity index (χ0n) is 17.4. The van der Waals surface area contributed by atoms with E-state index in [0.29, 0.717) is 22.9 Å². The van der Waals surface area contributed by atoms with Crippen molar-refractivity contribution >= 4 is 46.5 Å². The Labute approximate surface area is 186 Å². The molecule has 0 saturated carbocycles. The van der Waals surface area contributed by atoms with Gasteiger partial charge in [0, 0.05) is 11.4 Å². The van der Waals surface area contributed by atoms with Gasteiger partial charge in [0.2, 0.25) is 17.8 Å². The molecule has 0 radical (unpaired) electrons. The summed E-state index contributed by atoms with van der Waals surface area (Å²) in [6, 6.07) is 23.7. The SMILES string of the molecule is CCc1cccc(Nc2nc(Nc3ccc(C)cc3)nc(Nc3ccccc3Cl)n2)c1. The van der Waals surface area contributed by atoms with Gasteiger partial charge >= 0.3 is 0 Å². The maximum Gasteiger partial charge on any atom is 0.233 e. The Balaban J connectivity index is 1.66. The molecule has 31 heavy (non-hydrogen) atoms. The zero-order chi connectivity index (χ0) is 21.6. The smallest absolute Gasteiger partial charge is 0.233 e. The Kier molecular flexibility index (Phi) is 6.29. The summed E-state index contributed by atoms with van der Waals surface area (Å²) in [4.78, 5) is 13.6. The van der Waals surface area contributed by atoms with Gasteiger partial charge in [0.05, 0.1) is 10.7 Å². The van der Waals surface area contributed by atoms with Crippen molar-refractivity contribution in [1.82, 2.24) is 15.0 Å². The summed E-state index contributed by atoms with van der Waals surface area (Å²) in [5, 5.41) is 10.3. The van der Waals surface area contributed by atoms with Gasteiger partial charge < -0.3 is 16.0 Å². The molecule has 0 unspecified atom stereocenters. The number of hydrogen-bond donors (Lipinski definition) is 3. The average Bonchev–Trinajstić information content (AvgIpc) is 2.77. The van der Waals surface area contributed by atoms with E-state index >= 15 is 0 Å². The van der Waals surface area contributed by atoms with Crippen molar-refractivity contribution in [2.75, 3.05) is 16.0 Å². The fourth-order valence-electron chi connectivity index (χ4n) is 2.99. The monoisotopic (exact) mass is 430 g/mol. The number of halogens is 1. The summed E-state index contributed by atoms with van der Waals surface area (Å²) in [5.41, 5.74) is 4.93. The van der Waals surface area contributed by atoms with E-state index in [9.17, 15) is 0 Å². The Bertz CT molecular complexity index is 1180. The summed E-state index contributed by atoms with van der Waals surface area (Å²) in [5.74, 6) is 1.22. The molecular weight excluding hydrogens is 408 g/mol. The highest BCUT2D eigenvalue weighted by molar-refractivity contribution is 6.33. The third-order valence-electron chi connectivity index (χ3n) is 4.65. The fraction of sp³-hybridized carbons (Fsp3) is 0.125. The minimum Gasteiger partial charge on any atom is -0.324 e. The van der Waals surface area contributed by atoms with Crippen LogP contribution in [0.15, 0.2) is 72.8 Å². The van der Waals surface area contributed by atoms with E-state index in [1.807, 2.05) is 67.6 Å². The van der Waals surface area contributed by atoms with E-state index in [-0.39, 0.29) is 0 Å². The van der Waals surface area contributed by atoms with Crippen LogP contribution in [0.4, 0.5) is 34.9 Å². The van der Waals surface area contributed by atoms with Crippen molar-refractivity contribution < 1.29 is 0 Å². The zero-order valence-corrected chi connectivity index (χ0v) is 18.1. The van der Waals surface area contributed by atoms with Crippen LogP contribution in [0.5, 0.6) is 0 Å². The van der Waals surface area contributed by atoms with Gasteiger partial charge in [0.15, 0.2) is 0 Å². The highest BCUT2D eigenvalue weighted by Gasteiger charge is 2.10. The van der Waals surface area contributed by atoms with Crippen LogP contribution in [-0.2, 0) is 6.42 Å². The van der Waals surface area contributed by atoms with Crippen LogP contribution in [0.3, 0.4) is 0 Å². The number of aryl methyl sites for hydroxylation is 2. The Hall–Kier alpha value is -3.64. The molecule has 0 amide bonds. The topological polar surface area (TPSA) is 74.8 Å². The van der Waals surface area contributed by atoms with E-state index in [1.165, 1.54) is 11.1 Å². The van der Waals surface area contributed by atoms with Crippen molar-refractivity contribution in [1.29, 1.82) is 0 Å². The van der Waals surface area contributed by atoms with Crippen molar-refractivity contribution in [3.05, 3.63) is 88.9 Å². The van der Waals surface area contributed by atoms with Gasteiger partial charge in [0.25, 0.3) is 0 Å². The third-order valence-corrected chi connectivity index (χ3v) is 4.98. The maximum atomic E-state index is 6.30. The minimum atomic E-state index is 0.381. The molecule has 3 aromatic carbocycles. The van der Waals surface area contributed by atoms with E-state index in [1.54, 1.807) is 0 Å². The number of para-hydroxylation sites is 1. The molecule has 156 valence electrons. The van der Waals surface area contributed by atoms with Crippen molar-refractivity contribution in [3.8, 4) is 0 Å². The Morgan fingerprint density at radius 3 is 2.03 bits per heavy atom. The van der Waals surface area contributed by atoms with Crippen molar-refractivity contribution in [2.24, 2.45) is 0 Å². The molecule has 0 aliphatic carbocycles. The van der Waals surface area contributed by atoms with Gasteiger partial charge in [-0.2, -0.15) is 15.0 Å². The lowest BCUT2D eigenvalue weighted by atomic mass is 10.1. The van der Waals surface area contributed by atoms with Crippen LogP contribution >= 0.6 is 11.6 Å². The molecule has 7 heteroatoms. The van der Waals surface area contributed by atoms with E-state index in [4.69, 9.17) is 11.6 Å². The van der Waals surface area contributed by atoms with Crippen LogP contribution in [0.1, 0.15) is 18.1 Å². The molecule has 0 saturated heterocycles. The second-order valence-electron chi connectivity index (χ2n) is 7.08. The lowest BCUT2D eigenvalue weighted by molar-refractivity contribution is 1.06. The van der Waals surface area contributed by atoms with E-state index < -0.39 is 0 Å². The van der Waals surface area contributed by atoms with Gasteiger partial charge in [-0.15, -0.1) is 0 Å². The number of benzene rings is 3. The molecule has 4 aromatic rings. The van der Waals surface area contributed by atoms with Crippen LogP contribution in [0, 0.1) is 6.92 Å². The summed E-state index contributed by atoms with van der Waals surface area (Å²) < 4.78 is 0. The number of aromatic nitrogens is 3. The molecule has 0 spiro atoms. The quantitative estimate of drug-likeness (QED) is 0.305. The van der Waals surface area contributed by atoms with Crippen LogP contribution < -0.4 is 16.0 Å². The van der Waals surface area contributed by atoms with Crippen molar-refractivity contribution in [3.63, 3.8) is 0 Å². The van der Waals surface area contributed by atoms with Crippen molar-refractivity contribution in [2.45, 2.75) is 20.3 Å². The number of nitrogens with one attached hydrogen (secondary N) is 3. The molecule has 0 bridgehead atoms. The number of anilines is 6. The molecule has 4 rings (SSSR count). The minimum absolute atomic E-state index is 0.381. The first kappa shape index (κ1) is 20.6. The average molecular weight is 431 g/mol. The highest BCUT2D eigenvalue weighted by Crippen LogP contribution is 2.25. The second-order valence-corrected chi connectivity index (χ2v) is 7.49. The van der Waals surface area contributed by atoms with E-state index in [0.717, 1.165) is 23.5 Å². The summed E-state index contributed by atoms with van der Waals surface area (Å²) in [7, 11) is 0. The molecule has 0 aliphatic rings. The first-order chi connectivity index (χ1) is 15.1. The first-order valence-corrected chi connectivity index (χ1v) is 10.4. The normalized spacial score (nSPS) is 10.5. The summed E-state index contributed by atoms with van der Waals surface area (Å²) in [6.07, 6.45) is 0.951. The largest absolute Gasteiger partial charge is 0.324 e. The predicted octanol–water partition coefficient (Wildman–Crippen LogP) is 6.63. The lowest BCUT2D eigenvalue weighted by Gasteiger charge is -2.12. The van der Waals surface area contributed by atoms with Gasteiger partial charge in [-0.05, 0) is 55.3 Å². The van der Waals surface area contributed by atoms with Gasteiger partial charge in [-0.3, -0.25) is 0 Å². The fourth-order valence-corrected chi connectivity index (χ4v) is 3.17. The maximum absolute atomic E-state index is 6.30. The molecule has 0 aliphatic heterocycles. The van der Waals surface area contributed by atoms with Gasteiger partial charge in [0.1, 0.15) is 0 Å². The lowest BCUT2D eigenvalue weighted by Crippen LogP contribution is -2.07. The molecule has 1 heterocycles. The standard InChI is InChI=1S/C24H23ClN6/c1-3-17-7-6-8-19(15-17)27-23-29-22(26-18-13-11-16(2)12-14-18)30-24(31-23)28-21-10-5-4-9-20(21)25/h4-15H,3H2,1-2H3,(H3,26,27,28,29,30,31). The second kappa shape index (κ2) is 9.45. The summed E-state index contributed by atoms with van der Waals surface area (Å²) in [6.45, 7) is 4.17. The van der Waals surface area contributed by atoms with Crippen LogP contribution in [-0.4, -0.2) is 15.0 Å². The Morgan fingerprint density at radius 1 is 0.710 bits per heavy atom. The molecular formula is C24H23ClN6. The molecule has 6 nitrogen and oxygen atoms in total. The summed E-state index contributed by atoms with van der Waals surface area (Å²) >= 11 is 6.30. The predicted molar refractivity (Wildman–Crippen MR) is 128 cm³/mol. The molecule has 3 N–H and O–H groups in total. The van der Waals surface area contributed by atoms with Gasteiger partial charge in [-0.1, -0.05) is 60.5 Å². The van der Waals surface area contributed by atoms with E-state index in [2.05, 4.69) is 50.0 Å². The highest BCUT2D eigenvalue weighted by atomic mass is 35.5. The third kappa shape index (κ3) is 5.49. The Morgan fingerprint density at radius 2 is 1.35 bits per heavy atom. The van der Waals surface area contributed by atoms with Gasteiger partial charge in [-0.25, -0.2) is 0 Å². The van der Waals surface area contributed by atoms with Crippen LogP contribution in [0.25, 0.3) is 0 Å². The first-order valence-electron chi connectivity index (χ1n) is 10.1. The number of nitrogens with zero attached hydrogens (tertiary/aromatic N) is 3. The molecule has 1 aromatic heterocycles. The molecule has 0 fully saturated rings. The van der Waals surface area contributed by atoms with Crippen LogP contribution in [0.2, 0.25) is 5.02 Å². The number of hydrogen-bond acceptors (Lipinski definition) is 6. The molecule has 0 atom stereocenters.